The van der Waals surface area contributed by atoms with Gasteiger partial charge in [0.05, 0.1) is 11.4 Å². The first-order valence-electron chi connectivity index (χ1n) is 18.4. The lowest BCUT2D eigenvalue weighted by atomic mass is 9.76. The minimum absolute atomic E-state index is 0.312. The molecule has 8 aromatic rings. The lowest BCUT2D eigenvalue weighted by molar-refractivity contribution is 0.162. The molecule has 1 atom stereocenters. The largest absolute Gasteiger partial charge is 0.472 e. The molecule has 0 radical (unpaired) electrons. The molecule has 0 amide bonds. The molecule has 264 valence electrons. The molecule has 5 heteroatoms. The van der Waals surface area contributed by atoms with Crippen LogP contribution in [0.3, 0.4) is 0 Å². The molecule has 0 bridgehead atoms. The molecule has 0 saturated carbocycles. The van der Waals surface area contributed by atoms with Gasteiger partial charge in [0, 0.05) is 50.2 Å². The van der Waals surface area contributed by atoms with Crippen molar-refractivity contribution in [2.75, 3.05) is 0 Å². The van der Waals surface area contributed by atoms with Gasteiger partial charge in [-0.25, -0.2) is 18.7 Å². The van der Waals surface area contributed by atoms with Crippen LogP contribution < -0.4 is 4.74 Å². The highest BCUT2D eigenvalue weighted by Crippen LogP contribution is 2.58. The summed E-state index contributed by atoms with van der Waals surface area (Å²) in [4.78, 5) is 10.0. The molecule has 0 fully saturated rings. The molecule has 7 aromatic carbocycles. The summed E-state index contributed by atoms with van der Waals surface area (Å²) in [6.45, 7) is 4.50. The Balaban J connectivity index is 1.15. The second-order valence-corrected chi connectivity index (χ2v) is 14.8. The second kappa shape index (κ2) is 12.4. The Labute approximate surface area is 318 Å². The average molecular weight is 717 g/mol. The van der Waals surface area contributed by atoms with Crippen molar-refractivity contribution in [2.45, 2.75) is 24.9 Å². The Hall–Kier alpha value is -6.72. The number of rotatable bonds is 5. The van der Waals surface area contributed by atoms with Crippen molar-refractivity contribution < 1.29 is 13.5 Å². The van der Waals surface area contributed by atoms with Crippen molar-refractivity contribution in [3.05, 3.63) is 203 Å². The van der Waals surface area contributed by atoms with Crippen LogP contribution in [0.1, 0.15) is 41.7 Å². The fourth-order valence-corrected chi connectivity index (χ4v) is 8.60. The lowest BCUT2D eigenvalue weighted by Crippen LogP contribution is -2.35. The van der Waals surface area contributed by atoms with Gasteiger partial charge in [-0.05, 0) is 51.9 Å². The molecule has 10 rings (SSSR count). The smallest absolute Gasteiger partial charge is 0.178 e. The standard InChI is InChI=1S/C50H34F2N2O/c1-49(2)42-20-12-11-19-40(42)45-38-17-9-10-18-39(38)47-41(46(45)49)25-26-50(55-47,35-27-36(51)29-37(52)28-35)34-23-21-33(22-24-34)48-53-43(31-13-5-3-6-14-31)30-44(54-48)32-15-7-4-8-16-32/h3-30H,1-2H3. The minimum atomic E-state index is -1.36. The molecular formula is C50H34F2N2O. The van der Waals surface area contributed by atoms with Gasteiger partial charge in [0.2, 0.25) is 0 Å². The predicted molar refractivity (Wildman–Crippen MR) is 217 cm³/mol. The summed E-state index contributed by atoms with van der Waals surface area (Å²) in [6, 6.07) is 50.4. The van der Waals surface area contributed by atoms with E-state index in [9.17, 15) is 0 Å². The Morgan fingerprint density at radius 1 is 0.545 bits per heavy atom. The van der Waals surface area contributed by atoms with Crippen molar-refractivity contribution >= 4 is 16.8 Å². The average Bonchev–Trinajstić information content (AvgIpc) is 3.47. The summed E-state index contributed by atoms with van der Waals surface area (Å²) < 4.78 is 37.6. The van der Waals surface area contributed by atoms with E-state index in [0.29, 0.717) is 22.7 Å². The number of hydrogen-bond donors (Lipinski definition) is 0. The molecule has 1 unspecified atom stereocenters. The zero-order valence-electron chi connectivity index (χ0n) is 30.2. The van der Waals surface area contributed by atoms with Gasteiger partial charge >= 0.3 is 0 Å². The highest BCUT2D eigenvalue weighted by atomic mass is 19.1. The summed E-state index contributed by atoms with van der Waals surface area (Å²) in [6.07, 6.45) is 4.04. The third kappa shape index (κ3) is 5.22. The van der Waals surface area contributed by atoms with E-state index in [2.05, 4.69) is 56.3 Å². The summed E-state index contributed by atoms with van der Waals surface area (Å²) in [5, 5.41) is 2.01. The quantitative estimate of drug-likeness (QED) is 0.178. The summed E-state index contributed by atoms with van der Waals surface area (Å²) in [5.41, 5.74) is 9.57. The van der Waals surface area contributed by atoms with E-state index in [-0.39, 0.29) is 5.41 Å². The zero-order valence-corrected chi connectivity index (χ0v) is 30.2. The maximum absolute atomic E-state index is 15.2. The molecule has 0 spiro atoms. The number of hydrogen-bond acceptors (Lipinski definition) is 3. The van der Waals surface area contributed by atoms with Crippen LogP contribution in [0.5, 0.6) is 5.75 Å². The number of halogens is 2. The third-order valence-electron chi connectivity index (χ3n) is 11.2. The molecule has 55 heavy (non-hydrogen) atoms. The van der Waals surface area contributed by atoms with Crippen molar-refractivity contribution in [1.29, 1.82) is 0 Å². The van der Waals surface area contributed by atoms with Gasteiger partial charge in [-0.15, -0.1) is 0 Å². The van der Waals surface area contributed by atoms with Crippen LogP contribution >= 0.6 is 0 Å². The Bertz CT molecular complexity index is 2750. The van der Waals surface area contributed by atoms with E-state index in [1.807, 2.05) is 109 Å². The fraction of sp³-hybridized carbons (Fsp3) is 0.0800. The van der Waals surface area contributed by atoms with E-state index < -0.39 is 17.2 Å². The molecule has 3 nitrogen and oxygen atoms in total. The molecule has 1 aromatic heterocycles. The van der Waals surface area contributed by atoms with E-state index >= 15 is 8.78 Å². The number of ether oxygens (including phenoxy) is 1. The first-order valence-corrected chi connectivity index (χ1v) is 18.4. The van der Waals surface area contributed by atoms with Gasteiger partial charge in [-0.1, -0.05) is 153 Å². The van der Waals surface area contributed by atoms with Crippen LogP contribution in [-0.4, -0.2) is 9.97 Å². The molecule has 0 saturated heterocycles. The summed E-state index contributed by atoms with van der Waals surface area (Å²) in [5.74, 6) is -0.114. The van der Waals surface area contributed by atoms with Gasteiger partial charge in [-0.2, -0.15) is 0 Å². The van der Waals surface area contributed by atoms with Crippen LogP contribution in [0.2, 0.25) is 0 Å². The van der Waals surface area contributed by atoms with Crippen molar-refractivity contribution in [3.8, 4) is 50.8 Å². The maximum Gasteiger partial charge on any atom is 0.178 e. The highest BCUT2D eigenvalue weighted by Gasteiger charge is 2.44. The summed E-state index contributed by atoms with van der Waals surface area (Å²) >= 11 is 0. The monoisotopic (exact) mass is 716 g/mol. The molecular weight excluding hydrogens is 683 g/mol. The van der Waals surface area contributed by atoms with Crippen molar-refractivity contribution in [3.63, 3.8) is 0 Å². The first-order chi connectivity index (χ1) is 26.8. The van der Waals surface area contributed by atoms with Crippen LogP contribution in [-0.2, 0) is 11.0 Å². The predicted octanol–water partition coefficient (Wildman–Crippen LogP) is 12.6. The Morgan fingerprint density at radius 3 is 1.78 bits per heavy atom. The maximum atomic E-state index is 15.2. The molecule has 1 aliphatic heterocycles. The Kier molecular flexibility index (Phi) is 7.43. The van der Waals surface area contributed by atoms with Crippen LogP contribution in [0.25, 0.3) is 61.9 Å². The van der Waals surface area contributed by atoms with E-state index in [4.69, 9.17) is 14.7 Å². The fourth-order valence-electron chi connectivity index (χ4n) is 8.60. The third-order valence-corrected chi connectivity index (χ3v) is 11.2. The molecule has 2 heterocycles. The van der Waals surface area contributed by atoms with Crippen molar-refractivity contribution in [2.24, 2.45) is 0 Å². The second-order valence-electron chi connectivity index (χ2n) is 14.8. The number of benzene rings is 7. The van der Waals surface area contributed by atoms with E-state index in [0.717, 1.165) is 50.5 Å². The molecule has 2 aliphatic rings. The Morgan fingerprint density at radius 2 is 1.13 bits per heavy atom. The number of aromatic nitrogens is 2. The van der Waals surface area contributed by atoms with Gasteiger partial charge < -0.3 is 4.74 Å². The van der Waals surface area contributed by atoms with E-state index in [1.54, 1.807) is 0 Å². The molecule has 1 aliphatic carbocycles. The van der Waals surface area contributed by atoms with Gasteiger partial charge in [0.25, 0.3) is 0 Å². The zero-order chi connectivity index (χ0) is 37.3. The normalized spacial score (nSPS) is 16.3. The van der Waals surface area contributed by atoms with E-state index in [1.165, 1.54) is 34.4 Å². The van der Waals surface area contributed by atoms with Gasteiger partial charge in [0.1, 0.15) is 17.4 Å². The van der Waals surface area contributed by atoms with Gasteiger partial charge in [-0.3, -0.25) is 0 Å². The SMILES string of the molecule is CC1(C)c2ccccc2-c2c1c1c(c3ccccc23)OC(c2ccc(-c3nc(-c4ccccc4)cc(-c4ccccc4)n3)cc2)(c2cc(F)cc(F)c2)C=C1. The van der Waals surface area contributed by atoms with Crippen LogP contribution in [0.15, 0.2) is 164 Å². The lowest BCUT2D eigenvalue weighted by Gasteiger charge is -2.38. The molecule has 0 N–H and O–H groups in total. The van der Waals surface area contributed by atoms with Gasteiger partial charge in [0.15, 0.2) is 11.4 Å². The van der Waals surface area contributed by atoms with Crippen LogP contribution in [0, 0.1) is 11.6 Å². The van der Waals surface area contributed by atoms with Crippen LogP contribution in [0.4, 0.5) is 8.78 Å². The highest BCUT2D eigenvalue weighted by molar-refractivity contribution is 6.08. The number of fused-ring (bicyclic) bond motifs is 8. The summed E-state index contributed by atoms with van der Waals surface area (Å²) in [7, 11) is 0. The number of nitrogens with zero attached hydrogens (tertiary/aromatic N) is 2. The minimum Gasteiger partial charge on any atom is -0.472 e. The van der Waals surface area contributed by atoms with Crippen molar-refractivity contribution in [1.82, 2.24) is 9.97 Å². The topological polar surface area (TPSA) is 35.0 Å². The first kappa shape index (κ1) is 32.9.